The Morgan fingerprint density at radius 1 is 1.21 bits per heavy atom. The van der Waals surface area contributed by atoms with E-state index in [1.54, 1.807) is 12.4 Å². The molecule has 0 radical (unpaired) electrons. The van der Waals surface area contributed by atoms with Crippen LogP contribution in [0.25, 0.3) is 5.69 Å². The first-order valence-electron chi connectivity index (χ1n) is 9.47. The fourth-order valence-corrected chi connectivity index (χ4v) is 4.28. The summed E-state index contributed by atoms with van der Waals surface area (Å²) in [4.78, 5) is 26.4. The number of rotatable bonds is 6. The number of hydrogen-bond acceptors (Lipinski definition) is 5. The third-order valence-electron chi connectivity index (χ3n) is 5.03. The van der Waals surface area contributed by atoms with Gasteiger partial charge in [-0.2, -0.15) is 0 Å². The lowest BCUT2D eigenvalue weighted by Crippen LogP contribution is -2.47. The van der Waals surface area contributed by atoms with Gasteiger partial charge in [-0.05, 0) is 43.9 Å². The smallest absolute Gasteiger partial charge is 0.230 e. The summed E-state index contributed by atoms with van der Waals surface area (Å²) in [6.07, 6.45) is 5.30. The number of benzene rings is 1. The van der Waals surface area contributed by atoms with Crippen LogP contribution in [0.4, 0.5) is 0 Å². The number of carbonyl (C=O) groups excluding carboxylic acids is 2. The molecule has 2 aromatic rings. The predicted molar refractivity (Wildman–Crippen MR) is 108 cm³/mol. The summed E-state index contributed by atoms with van der Waals surface area (Å²) in [5.41, 5.74) is 0.855. The Bertz CT molecular complexity index is 862. The zero-order valence-electron chi connectivity index (χ0n) is 15.4. The van der Waals surface area contributed by atoms with Gasteiger partial charge in [-0.1, -0.05) is 29.4 Å². The fourth-order valence-electron chi connectivity index (χ4n) is 3.36. The zero-order valence-corrected chi connectivity index (χ0v) is 17.0. The van der Waals surface area contributed by atoms with Crippen molar-refractivity contribution >= 4 is 35.2 Å². The minimum Gasteiger partial charge on any atom is -0.353 e. The molecule has 2 amide bonds. The predicted octanol–water partition coefficient (Wildman–Crippen LogP) is 2.53. The number of nitrogens with zero attached hydrogens (tertiary/aromatic N) is 4. The molecule has 28 heavy (non-hydrogen) atoms. The molecule has 0 atom stereocenters. The lowest BCUT2D eigenvalue weighted by atomic mass is 10.0. The molecule has 9 heteroatoms. The third-order valence-corrected chi connectivity index (χ3v) is 6.21. The number of aromatic nitrogens is 3. The molecule has 0 unspecified atom stereocenters. The number of carbonyl (C=O) groups is 2. The van der Waals surface area contributed by atoms with Crippen molar-refractivity contribution in [2.75, 3.05) is 18.8 Å². The van der Waals surface area contributed by atoms with Gasteiger partial charge in [0.1, 0.15) is 6.33 Å². The Morgan fingerprint density at radius 3 is 2.71 bits per heavy atom. The molecule has 1 aromatic heterocycles. The number of nitrogens with one attached hydrogen (secondary N) is 1. The van der Waals surface area contributed by atoms with Crippen molar-refractivity contribution in [3.63, 3.8) is 0 Å². The molecular weight excluding hydrogens is 398 g/mol. The van der Waals surface area contributed by atoms with Gasteiger partial charge < -0.3 is 10.2 Å². The van der Waals surface area contributed by atoms with Crippen LogP contribution in [0.15, 0.2) is 35.7 Å². The number of halogens is 1. The summed E-state index contributed by atoms with van der Waals surface area (Å²) in [6.45, 7) is 1.47. The summed E-state index contributed by atoms with van der Waals surface area (Å²) in [7, 11) is 0. The van der Waals surface area contributed by atoms with Crippen molar-refractivity contribution < 1.29 is 9.59 Å². The van der Waals surface area contributed by atoms with Gasteiger partial charge in [0, 0.05) is 30.1 Å². The molecule has 1 N–H and O–H groups in total. The van der Waals surface area contributed by atoms with Crippen molar-refractivity contribution in [1.29, 1.82) is 0 Å². The molecule has 1 aromatic carbocycles. The van der Waals surface area contributed by atoms with E-state index >= 15 is 0 Å². The van der Waals surface area contributed by atoms with Crippen LogP contribution in [0, 0.1) is 5.92 Å². The molecule has 1 aliphatic carbocycles. The Morgan fingerprint density at radius 2 is 2.00 bits per heavy atom. The maximum atomic E-state index is 12.4. The van der Waals surface area contributed by atoms with Crippen LogP contribution in [-0.4, -0.2) is 56.4 Å². The van der Waals surface area contributed by atoms with Crippen molar-refractivity contribution in [1.82, 2.24) is 25.0 Å². The molecule has 0 bridgehead atoms. The Hall–Kier alpha value is -2.06. The number of hydrogen-bond donors (Lipinski definition) is 1. The molecule has 1 aliphatic heterocycles. The first-order valence-corrected chi connectivity index (χ1v) is 10.8. The van der Waals surface area contributed by atoms with Gasteiger partial charge in [0.25, 0.3) is 0 Å². The quantitative estimate of drug-likeness (QED) is 0.728. The van der Waals surface area contributed by atoms with E-state index in [4.69, 9.17) is 11.6 Å². The molecule has 2 fully saturated rings. The zero-order chi connectivity index (χ0) is 19.5. The van der Waals surface area contributed by atoms with Gasteiger partial charge in [-0.3, -0.25) is 14.2 Å². The first-order chi connectivity index (χ1) is 13.6. The van der Waals surface area contributed by atoms with Crippen LogP contribution in [0.1, 0.15) is 25.7 Å². The van der Waals surface area contributed by atoms with Crippen molar-refractivity contribution in [2.24, 2.45) is 5.92 Å². The highest BCUT2D eigenvalue weighted by Crippen LogP contribution is 2.32. The maximum Gasteiger partial charge on any atom is 0.230 e. The lowest BCUT2D eigenvalue weighted by Gasteiger charge is -2.32. The van der Waals surface area contributed by atoms with Crippen LogP contribution >= 0.6 is 23.4 Å². The summed E-state index contributed by atoms with van der Waals surface area (Å²) >= 11 is 7.39. The van der Waals surface area contributed by atoms with Gasteiger partial charge >= 0.3 is 0 Å². The fraction of sp³-hybridized carbons (Fsp3) is 0.474. The van der Waals surface area contributed by atoms with Crippen molar-refractivity contribution in [3.05, 3.63) is 35.6 Å². The van der Waals surface area contributed by atoms with E-state index in [0.717, 1.165) is 44.5 Å². The van der Waals surface area contributed by atoms with Crippen molar-refractivity contribution in [3.8, 4) is 5.69 Å². The Labute approximate surface area is 172 Å². The van der Waals surface area contributed by atoms with Gasteiger partial charge in [0.2, 0.25) is 11.8 Å². The molecule has 2 heterocycles. The van der Waals surface area contributed by atoms with Crippen LogP contribution < -0.4 is 5.32 Å². The highest BCUT2D eigenvalue weighted by Gasteiger charge is 2.35. The maximum absolute atomic E-state index is 12.4. The summed E-state index contributed by atoms with van der Waals surface area (Å²) in [6, 6.07) is 7.53. The minimum atomic E-state index is -0.0300. The number of thioether (sulfide) groups is 1. The van der Waals surface area contributed by atoms with Crippen LogP contribution in [0.3, 0.4) is 0 Å². The monoisotopic (exact) mass is 419 g/mol. The van der Waals surface area contributed by atoms with Gasteiger partial charge in [0.15, 0.2) is 5.16 Å². The van der Waals surface area contributed by atoms with Gasteiger partial charge in [-0.25, -0.2) is 0 Å². The summed E-state index contributed by atoms with van der Waals surface area (Å²) < 4.78 is 1.81. The molecule has 2 aliphatic rings. The second-order valence-corrected chi connectivity index (χ2v) is 8.57. The summed E-state index contributed by atoms with van der Waals surface area (Å²) in [5.74, 6) is 0.790. The van der Waals surface area contributed by atoms with Gasteiger partial charge in [-0.15, -0.1) is 10.2 Å². The van der Waals surface area contributed by atoms with Crippen LogP contribution in [-0.2, 0) is 9.59 Å². The van der Waals surface area contributed by atoms with E-state index in [1.165, 1.54) is 11.8 Å². The Kier molecular flexibility index (Phi) is 5.87. The minimum absolute atomic E-state index is 0.0300. The van der Waals surface area contributed by atoms with E-state index in [2.05, 4.69) is 15.5 Å². The molecular formula is C19H22ClN5O2S. The normalized spacial score (nSPS) is 17.5. The number of amides is 2. The van der Waals surface area contributed by atoms with E-state index in [1.807, 2.05) is 27.7 Å². The Balaban J connectivity index is 1.25. The van der Waals surface area contributed by atoms with Crippen LogP contribution in [0.5, 0.6) is 0 Å². The third kappa shape index (κ3) is 4.67. The highest BCUT2D eigenvalue weighted by atomic mass is 35.5. The largest absolute Gasteiger partial charge is 0.353 e. The number of piperidine rings is 1. The molecule has 148 valence electrons. The molecule has 4 rings (SSSR count). The molecule has 7 nitrogen and oxygen atoms in total. The average Bonchev–Trinajstić information content (AvgIpc) is 3.44. The molecule has 1 saturated heterocycles. The second-order valence-electron chi connectivity index (χ2n) is 7.19. The molecule has 1 saturated carbocycles. The summed E-state index contributed by atoms with van der Waals surface area (Å²) in [5, 5.41) is 12.4. The second kappa shape index (κ2) is 8.53. The number of likely N-dealkylation sites (tertiary alicyclic amines) is 1. The SMILES string of the molecule is O=C(CSc1nncn1-c1cccc(Cl)c1)NC1CCN(C(=O)C2CC2)CC1. The van der Waals surface area contributed by atoms with E-state index in [0.29, 0.717) is 16.1 Å². The standard InChI is InChI=1S/C19H22ClN5O2S/c20-14-2-1-3-16(10-14)25-12-21-23-19(25)28-11-17(26)22-15-6-8-24(9-7-15)18(27)13-4-5-13/h1-3,10,12-13,15H,4-9,11H2,(H,22,26). The van der Waals surface area contributed by atoms with E-state index in [9.17, 15) is 9.59 Å². The van der Waals surface area contributed by atoms with E-state index in [-0.39, 0.29) is 23.6 Å². The van der Waals surface area contributed by atoms with Gasteiger partial charge in [0.05, 0.1) is 11.4 Å². The van der Waals surface area contributed by atoms with E-state index < -0.39 is 0 Å². The highest BCUT2D eigenvalue weighted by molar-refractivity contribution is 7.99. The van der Waals surface area contributed by atoms with Crippen LogP contribution in [0.2, 0.25) is 5.02 Å². The van der Waals surface area contributed by atoms with Crippen molar-refractivity contribution in [2.45, 2.75) is 36.9 Å². The molecule has 0 spiro atoms. The topological polar surface area (TPSA) is 80.1 Å². The average molecular weight is 420 g/mol. The first kappa shape index (κ1) is 19.3. The lowest BCUT2D eigenvalue weighted by molar-refractivity contribution is -0.133.